The second-order valence-corrected chi connectivity index (χ2v) is 6.08. The lowest BCUT2D eigenvalue weighted by atomic mass is 10.0. The Morgan fingerprint density at radius 1 is 1.50 bits per heavy atom. The number of piperidine rings is 1. The summed E-state index contributed by atoms with van der Waals surface area (Å²) < 4.78 is 22.9. The highest BCUT2D eigenvalue weighted by atomic mass is 32.2. The van der Waals surface area contributed by atoms with Crippen LogP contribution in [0.2, 0.25) is 0 Å². The first-order valence-electron chi connectivity index (χ1n) is 4.90. The third kappa shape index (κ3) is 4.19. The van der Waals surface area contributed by atoms with Gasteiger partial charge < -0.3 is 5.32 Å². The van der Waals surface area contributed by atoms with Gasteiger partial charge in [0.2, 0.25) is 0 Å². The predicted molar refractivity (Wildman–Crippen MR) is 54.9 cm³/mol. The summed E-state index contributed by atoms with van der Waals surface area (Å²) in [5.41, 5.74) is 0. The molecule has 0 spiro atoms. The van der Waals surface area contributed by atoms with E-state index in [1.165, 1.54) is 6.92 Å². The van der Waals surface area contributed by atoms with E-state index in [2.05, 4.69) is 5.32 Å². The van der Waals surface area contributed by atoms with Crippen molar-refractivity contribution in [2.75, 3.05) is 24.6 Å². The van der Waals surface area contributed by atoms with Crippen LogP contribution in [0.4, 0.5) is 0 Å². The van der Waals surface area contributed by atoms with Gasteiger partial charge >= 0.3 is 0 Å². The van der Waals surface area contributed by atoms with E-state index in [0.29, 0.717) is 0 Å². The minimum absolute atomic E-state index is 0.152. The Morgan fingerprint density at radius 3 is 2.71 bits per heavy atom. The SMILES string of the molecule is CC(=O)CS(=O)(=O)CC1CCCNC1. The number of carbonyl (C=O) groups is 1. The molecule has 0 aromatic carbocycles. The van der Waals surface area contributed by atoms with Gasteiger partial charge in [-0.05, 0) is 38.8 Å². The molecule has 1 N–H and O–H groups in total. The summed E-state index contributed by atoms with van der Waals surface area (Å²) in [6, 6.07) is 0. The van der Waals surface area contributed by atoms with E-state index in [9.17, 15) is 13.2 Å². The molecule has 0 amide bonds. The maximum Gasteiger partial charge on any atom is 0.157 e. The van der Waals surface area contributed by atoms with Gasteiger partial charge in [-0.2, -0.15) is 0 Å². The van der Waals surface area contributed by atoms with Crippen LogP contribution in [-0.4, -0.2) is 38.8 Å². The molecule has 0 bridgehead atoms. The van der Waals surface area contributed by atoms with E-state index >= 15 is 0 Å². The Labute approximate surface area is 85.0 Å². The van der Waals surface area contributed by atoms with Crippen molar-refractivity contribution >= 4 is 15.6 Å². The number of hydrogen-bond donors (Lipinski definition) is 1. The molecule has 0 radical (unpaired) electrons. The van der Waals surface area contributed by atoms with Gasteiger partial charge in [0.25, 0.3) is 0 Å². The van der Waals surface area contributed by atoms with E-state index in [0.717, 1.165) is 25.9 Å². The molecule has 0 aromatic heterocycles. The molecule has 1 saturated heterocycles. The molecule has 1 rings (SSSR count). The summed E-state index contributed by atoms with van der Waals surface area (Å²) in [6.07, 6.45) is 1.98. The molecule has 0 saturated carbocycles. The Morgan fingerprint density at radius 2 is 2.21 bits per heavy atom. The topological polar surface area (TPSA) is 63.2 Å². The Hall–Kier alpha value is -0.420. The summed E-state index contributed by atoms with van der Waals surface area (Å²) in [5.74, 6) is -0.231. The number of carbonyl (C=O) groups excluding carboxylic acids is 1. The quantitative estimate of drug-likeness (QED) is 0.722. The highest BCUT2D eigenvalue weighted by Crippen LogP contribution is 2.12. The van der Waals surface area contributed by atoms with Gasteiger partial charge in [0.1, 0.15) is 11.5 Å². The number of Topliss-reactive ketones (excluding diaryl/α,β-unsaturated/α-hetero) is 1. The van der Waals surface area contributed by atoms with Crippen LogP contribution in [0.25, 0.3) is 0 Å². The van der Waals surface area contributed by atoms with Crippen LogP contribution in [0.1, 0.15) is 19.8 Å². The second kappa shape index (κ2) is 4.89. The smallest absolute Gasteiger partial charge is 0.157 e. The van der Waals surface area contributed by atoms with E-state index in [4.69, 9.17) is 0 Å². The van der Waals surface area contributed by atoms with Crippen molar-refractivity contribution in [1.29, 1.82) is 0 Å². The summed E-state index contributed by atoms with van der Waals surface area (Å²) in [5, 5.41) is 3.16. The van der Waals surface area contributed by atoms with Crippen molar-refractivity contribution in [3.8, 4) is 0 Å². The molecular weight excluding hydrogens is 202 g/mol. The molecule has 0 aliphatic carbocycles. The Kier molecular flexibility index (Phi) is 4.07. The van der Waals surface area contributed by atoms with Crippen molar-refractivity contribution in [3.05, 3.63) is 0 Å². The van der Waals surface area contributed by atoms with Crippen LogP contribution >= 0.6 is 0 Å². The predicted octanol–water partition coefficient (Wildman–Crippen LogP) is -0.0102. The van der Waals surface area contributed by atoms with Crippen molar-refractivity contribution < 1.29 is 13.2 Å². The summed E-state index contributed by atoms with van der Waals surface area (Å²) >= 11 is 0. The lowest BCUT2D eigenvalue weighted by molar-refractivity contribution is -0.114. The van der Waals surface area contributed by atoms with Gasteiger partial charge in [0.05, 0.1) is 5.75 Å². The van der Waals surface area contributed by atoms with E-state index in [1.807, 2.05) is 0 Å². The summed E-state index contributed by atoms with van der Waals surface area (Å²) in [7, 11) is -3.17. The van der Waals surface area contributed by atoms with Crippen LogP contribution in [0.15, 0.2) is 0 Å². The zero-order valence-electron chi connectivity index (χ0n) is 8.45. The molecular formula is C9H17NO3S. The molecule has 1 heterocycles. The zero-order valence-corrected chi connectivity index (χ0v) is 9.27. The van der Waals surface area contributed by atoms with Gasteiger partial charge in [0, 0.05) is 0 Å². The first-order valence-corrected chi connectivity index (χ1v) is 6.72. The standard InChI is InChI=1S/C9H17NO3S/c1-8(11)6-14(12,13)7-9-3-2-4-10-5-9/h9-10H,2-7H2,1H3. The van der Waals surface area contributed by atoms with Crippen LogP contribution < -0.4 is 5.32 Å². The van der Waals surface area contributed by atoms with E-state index in [1.54, 1.807) is 0 Å². The average Bonchev–Trinajstić information content (AvgIpc) is 2.02. The number of sulfone groups is 1. The van der Waals surface area contributed by atoms with Gasteiger partial charge in [0.15, 0.2) is 9.84 Å². The minimum Gasteiger partial charge on any atom is -0.316 e. The molecule has 1 atom stereocenters. The van der Waals surface area contributed by atoms with Gasteiger partial charge in [-0.15, -0.1) is 0 Å². The lowest BCUT2D eigenvalue weighted by Gasteiger charge is -2.22. The first-order chi connectivity index (χ1) is 6.49. The van der Waals surface area contributed by atoms with Gasteiger partial charge in [-0.25, -0.2) is 8.42 Å². The van der Waals surface area contributed by atoms with Crippen LogP contribution in [-0.2, 0) is 14.6 Å². The summed E-state index contributed by atoms with van der Waals surface area (Å²) in [4.78, 5) is 10.7. The van der Waals surface area contributed by atoms with Crippen molar-refractivity contribution in [3.63, 3.8) is 0 Å². The Balaban J connectivity index is 2.45. The molecule has 1 fully saturated rings. The number of nitrogens with one attached hydrogen (secondary N) is 1. The second-order valence-electron chi connectivity index (χ2n) is 3.97. The highest BCUT2D eigenvalue weighted by molar-refractivity contribution is 7.92. The molecule has 14 heavy (non-hydrogen) atoms. The van der Waals surface area contributed by atoms with E-state index in [-0.39, 0.29) is 23.2 Å². The van der Waals surface area contributed by atoms with Crippen LogP contribution in [0, 0.1) is 5.92 Å². The zero-order chi connectivity index (χ0) is 10.6. The normalized spacial score (nSPS) is 23.4. The molecule has 1 unspecified atom stereocenters. The van der Waals surface area contributed by atoms with Crippen molar-refractivity contribution in [2.45, 2.75) is 19.8 Å². The molecule has 5 heteroatoms. The molecule has 82 valence electrons. The van der Waals surface area contributed by atoms with Crippen molar-refractivity contribution in [2.24, 2.45) is 5.92 Å². The maximum absolute atomic E-state index is 11.5. The fourth-order valence-corrected chi connectivity index (χ4v) is 3.53. The number of rotatable bonds is 4. The molecule has 1 aliphatic rings. The average molecular weight is 219 g/mol. The molecule has 4 nitrogen and oxygen atoms in total. The third-order valence-electron chi connectivity index (χ3n) is 2.31. The molecule has 1 aliphatic heterocycles. The maximum atomic E-state index is 11.5. The Bertz CT molecular complexity index is 291. The fraction of sp³-hybridized carbons (Fsp3) is 0.889. The van der Waals surface area contributed by atoms with Crippen LogP contribution in [0.3, 0.4) is 0 Å². The van der Waals surface area contributed by atoms with Crippen molar-refractivity contribution in [1.82, 2.24) is 5.32 Å². The molecule has 0 aromatic rings. The summed E-state index contributed by atoms with van der Waals surface area (Å²) in [6.45, 7) is 3.05. The monoisotopic (exact) mass is 219 g/mol. The minimum atomic E-state index is -3.17. The van der Waals surface area contributed by atoms with Gasteiger partial charge in [-0.3, -0.25) is 4.79 Å². The fourth-order valence-electron chi connectivity index (χ4n) is 1.79. The first kappa shape index (κ1) is 11.7. The lowest BCUT2D eigenvalue weighted by Crippen LogP contribution is -2.34. The third-order valence-corrected chi connectivity index (χ3v) is 4.14. The number of ketones is 1. The highest BCUT2D eigenvalue weighted by Gasteiger charge is 2.22. The number of hydrogen-bond acceptors (Lipinski definition) is 4. The van der Waals surface area contributed by atoms with E-state index < -0.39 is 9.84 Å². The van der Waals surface area contributed by atoms with Crippen LogP contribution in [0.5, 0.6) is 0 Å². The van der Waals surface area contributed by atoms with Gasteiger partial charge in [-0.1, -0.05) is 0 Å². The largest absolute Gasteiger partial charge is 0.316 e.